The van der Waals surface area contributed by atoms with E-state index in [9.17, 15) is 4.79 Å². The van der Waals surface area contributed by atoms with Crippen LogP contribution in [-0.4, -0.2) is 54.2 Å². The Morgan fingerprint density at radius 3 is 2.80 bits per heavy atom. The lowest BCUT2D eigenvalue weighted by Gasteiger charge is -2.31. The highest BCUT2D eigenvalue weighted by molar-refractivity contribution is 5.87. The summed E-state index contributed by atoms with van der Waals surface area (Å²) >= 11 is 0. The molecule has 1 aliphatic heterocycles. The molecule has 1 saturated heterocycles. The third-order valence-electron chi connectivity index (χ3n) is 2.46. The molecule has 2 amide bonds. The number of rotatable bonds is 1. The number of carbonyl (C=O) groups is 1. The summed E-state index contributed by atoms with van der Waals surface area (Å²) in [6.45, 7) is 3.31. The molecule has 0 radical (unpaired) electrons. The highest BCUT2D eigenvalue weighted by Crippen LogP contribution is 2.07. The van der Waals surface area contributed by atoms with Gasteiger partial charge in [-0.2, -0.15) is 0 Å². The second-order valence-corrected chi connectivity index (χ2v) is 3.60. The third-order valence-corrected chi connectivity index (χ3v) is 2.46. The number of likely N-dealkylation sites (N-methyl/N-ethyl adjacent to an activating group) is 1. The van der Waals surface area contributed by atoms with E-state index >= 15 is 0 Å². The molecule has 1 N–H and O–H groups in total. The maximum Gasteiger partial charge on any atom is 0.324 e. The molecule has 1 aromatic rings. The Labute approximate surface area is 87.8 Å². The molecule has 2 rings (SSSR count). The number of hydrogen-bond donors (Lipinski definition) is 1. The standard InChI is InChI=1S/C9H14N4O2/c1-12-4-6-13(7-5-12)9(14)11-8-2-3-10-15-8/h2-3H,4-7H2,1H3,(H,11,14). The Balaban J connectivity index is 1.86. The van der Waals surface area contributed by atoms with Crippen LogP contribution in [0.2, 0.25) is 0 Å². The fourth-order valence-corrected chi connectivity index (χ4v) is 1.47. The first-order chi connectivity index (χ1) is 7.25. The van der Waals surface area contributed by atoms with E-state index in [1.54, 1.807) is 11.0 Å². The van der Waals surface area contributed by atoms with Gasteiger partial charge in [0, 0.05) is 32.2 Å². The molecule has 0 atom stereocenters. The summed E-state index contributed by atoms with van der Waals surface area (Å²) < 4.78 is 4.80. The average Bonchev–Trinajstić information content (AvgIpc) is 2.71. The van der Waals surface area contributed by atoms with Crippen LogP contribution in [0.25, 0.3) is 0 Å². The number of aromatic nitrogens is 1. The topological polar surface area (TPSA) is 61.6 Å². The van der Waals surface area contributed by atoms with E-state index in [2.05, 4.69) is 15.4 Å². The zero-order valence-electron chi connectivity index (χ0n) is 8.64. The first-order valence-electron chi connectivity index (χ1n) is 4.91. The minimum absolute atomic E-state index is 0.125. The second kappa shape index (κ2) is 4.31. The van der Waals surface area contributed by atoms with Crippen LogP contribution in [0, 0.1) is 0 Å². The lowest BCUT2D eigenvalue weighted by atomic mass is 10.3. The molecule has 1 fully saturated rings. The van der Waals surface area contributed by atoms with Crippen molar-refractivity contribution < 1.29 is 9.32 Å². The van der Waals surface area contributed by atoms with E-state index in [1.807, 2.05) is 7.05 Å². The van der Waals surface area contributed by atoms with Crippen LogP contribution in [0.15, 0.2) is 16.8 Å². The van der Waals surface area contributed by atoms with Gasteiger partial charge < -0.3 is 14.3 Å². The monoisotopic (exact) mass is 210 g/mol. The van der Waals surface area contributed by atoms with E-state index in [1.165, 1.54) is 6.20 Å². The van der Waals surface area contributed by atoms with Gasteiger partial charge in [-0.3, -0.25) is 5.32 Å². The van der Waals surface area contributed by atoms with Crippen molar-refractivity contribution in [3.8, 4) is 0 Å². The number of anilines is 1. The zero-order chi connectivity index (χ0) is 10.7. The Morgan fingerprint density at radius 1 is 1.47 bits per heavy atom. The minimum atomic E-state index is -0.125. The van der Waals surface area contributed by atoms with E-state index < -0.39 is 0 Å². The van der Waals surface area contributed by atoms with Crippen molar-refractivity contribution in [3.05, 3.63) is 12.3 Å². The highest BCUT2D eigenvalue weighted by atomic mass is 16.5. The molecule has 0 spiro atoms. The van der Waals surface area contributed by atoms with Crippen molar-refractivity contribution >= 4 is 11.9 Å². The molecular weight excluding hydrogens is 196 g/mol. The van der Waals surface area contributed by atoms with Crippen molar-refractivity contribution in [2.75, 3.05) is 38.5 Å². The minimum Gasteiger partial charge on any atom is -0.338 e. The fraction of sp³-hybridized carbons (Fsp3) is 0.556. The number of amides is 2. The molecule has 0 aromatic carbocycles. The van der Waals surface area contributed by atoms with Gasteiger partial charge in [-0.1, -0.05) is 5.16 Å². The number of carbonyl (C=O) groups excluding carboxylic acids is 1. The molecule has 2 heterocycles. The van der Waals surface area contributed by atoms with Crippen LogP contribution >= 0.6 is 0 Å². The Hall–Kier alpha value is -1.56. The lowest BCUT2D eigenvalue weighted by Crippen LogP contribution is -2.48. The first kappa shape index (κ1) is 9.97. The predicted molar refractivity (Wildman–Crippen MR) is 54.6 cm³/mol. The van der Waals surface area contributed by atoms with Crippen LogP contribution in [0.3, 0.4) is 0 Å². The largest absolute Gasteiger partial charge is 0.338 e. The SMILES string of the molecule is CN1CCN(C(=O)Nc2ccno2)CC1. The van der Waals surface area contributed by atoms with Gasteiger partial charge >= 0.3 is 6.03 Å². The molecule has 0 unspecified atom stereocenters. The summed E-state index contributed by atoms with van der Waals surface area (Å²) in [5.41, 5.74) is 0. The average molecular weight is 210 g/mol. The number of nitrogens with zero attached hydrogens (tertiary/aromatic N) is 3. The highest BCUT2D eigenvalue weighted by Gasteiger charge is 2.19. The lowest BCUT2D eigenvalue weighted by molar-refractivity contribution is 0.164. The normalized spacial score (nSPS) is 17.8. The Bertz CT molecular complexity index is 317. The van der Waals surface area contributed by atoms with Crippen LogP contribution in [-0.2, 0) is 0 Å². The van der Waals surface area contributed by atoms with Crippen LogP contribution in [0.4, 0.5) is 10.7 Å². The number of urea groups is 1. The Morgan fingerprint density at radius 2 is 2.20 bits per heavy atom. The van der Waals surface area contributed by atoms with Crippen molar-refractivity contribution in [2.24, 2.45) is 0 Å². The number of nitrogens with one attached hydrogen (secondary N) is 1. The molecule has 6 heteroatoms. The summed E-state index contributed by atoms with van der Waals surface area (Å²) in [5.74, 6) is 0.388. The fourth-order valence-electron chi connectivity index (χ4n) is 1.47. The van der Waals surface area contributed by atoms with Crippen LogP contribution in [0.5, 0.6) is 0 Å². The van der Waals surface area contributed by atoms with Gasteiger partial charge in [-0.05, 0) is 7.05 Å². The summed E-state index contributed by atoms with van der Waals surface area (Å²) in [5, 5.41) is 6.16. The quantitative estimate of drug-likeness (QED) is 0.731. The Kier molecular flexibility index (Phi) is 2.86. The van der Waals surface area contributed by atoms with Crippen molar-refractivity contribution in [1.82, 2.24) is 15.0 Å². The molecule has 0 saturated carbocycles. The van der Waals surface area contributed by atoms with Gasteiger partial charge in [-0.25, -0.2) is 4.79 Å². The summed E-state index contributed by atoms with van der Waals surface area (Å²) in [6, 6.07) is 1.49. The van der Waals surface area contributed by atoms with E-state index in [4.69, 9.17) is 4.52 Å². The maximum absolute atomic E-state index is 11.7. The second-order valence-electron chi connectivity index (χ2n) is 3.60. The van der Waals surface area contributed by atoms with Gasteiger partial charge in [0.25, 0.3) is 0 Å². The molecule has 15 heavy (non-hydrogen) atoms. The first-order valence-corrected chi connectivity index (χ1v) is 4.91. The maximum atomic E-state index is 11.7. The molecule has 0 aliphatic carbocycles. The van der Waals surface area contributed by atoms with E-state index in [0.717, 1.165) is 26.2 Å². The van der Waals surface area contributed by atoms with Gasteiger partial charge in [0.15, 0.2) is 0 Å². The third kappa shape index (κ3) is 2.47. The smallest absolute Gasteiger partial charge is 0.324 e. The van der Waals surface area contributed by atoms with Crippen LogP contribution in [0.1, 0.15) is 0 Å². The van der Waals surface area contributed by atoms with Gasteiger partial charge in [0.1, 0.15) is 0 Å². The van der Waals surface area contributed by atoms with Crippen LogP contribution < -0.4 is 5.32 Å². The van der Waals surface area contributed by atoms with Gasteiger partial charge in [0.2, 0.25) is 5.88 Å². The van der Waals surface area contributed by atoms with E-state index in [-0.39, 0.29) is 6.03 Å². The molecule has 82 valence electrons. The molecule has 1 aromatic heterocycles. The summed E-state index contributed by atoms with van der Waals surface area (Å²) in [6.07, 6.45) is 1.50. The van der Waals surface area contributed by atoms with Crippen molar-refractivity contribution in [3.63, 3.8) is 0 Å². The number of hydrogen-bond acceptors (Lipinski definition) is 4. The van der Waals surface area contributed by atoms with Crippen molar-refractivity contribution in [1.29, 1.82) is 0 Å². The zero-order valence-corrected chi connectivity index (χ0v) is 8.64. The predicted octanol–water partition coefficient (Wildman–Crippen LogP) is 0.454. The van der Waals surface area contributed by atoms with Gasteiger partial charge in [0.05, 0.1) is 6.20 Å². The molecular formula is C9H14N4O2. The summed E-state index contributed by atoms with van der Waals surface area (Å²) in [4.78, 5) is 15.6. The van der Waals surface area contributed by atoms with Gasteiger partial charge in [-0.15, -0.1) is 0 Å². The molecule has 0 bridgehead atoms. The summed E-state index contributed by atoms with van der Waals surface area (Å²) in [7, 11) is 2.05. The molecule has 1 aliphatic rings. The number of piperazine rings is 1. The molecule has 6 nitrogen and oxygen atoms in total. The van der Waals surface area contributed by atoms with Crippen molar-refractivity contribution in [2.45, 2.75) is 0 Å². The van der Waals surface area contributed by atoms with E-state index in [0.29, 0.717) is 5.88 Å².